The molecule has 9 nitrogen and oxygen atoms in total. The van der Waals surface area contributed by atoms with E-state index < -0.39 is 0 Å². The number of ether oxygens (including phenoxy) is 3. The number of methoxy groups -OCH3 is 3. The normalized spacial score (nSPS) is 11.0. The highest BCUT2D eigenvalue weighted by atomic mass is 35.5. The van der Waals surface area contributed by atoms with Gasteiger partial charge in [0.15, 0.2) is 11.5 Å². The molecule has 0 unspecified atom stereocenters. The SMILES string of the molecule is COc1cc(NC(=O)Cc2cccc(-n3c(=O)c4cn[nH]c4c4c(Cl)cccc43)c2)cc(OC)c1OC. The second-order valence-corrected chi connectivity index (χ2v) is 8.65. The number of carbonyl (C=O) groups is 1. The zero-order valence-corrected chi connectivity index (χ0v) is 21.1. The smallest absolute Gasteiger partial charge is 0.266 e. The van der Waals surface area contributed by atoms with Crippen LogP contribution in [0.25, 0.3) is 27.5 Å². The van der Waals surface area contributed by atoms with Crippen molar-refractivity contribution in [3.05, 3.63) is 81.7 Å². The summed E-state index contributed by atoms with van der Waals surface area (Å²) in [7, 11) is 4.53. The Balaban J connectivity index is 1.49. The van der Waals surface area contributed by atoms with Crippen molar-refractivity contribution in [2.24, 2.45) is 0 Å². The second-order valence-electron chi connectivity index (χ2n) is 8.24. The zero-order chi connectivity index (χ0) is 26.1. The molecule has 0 fully saturated rings. The van der Waals surface area contributed by atoms with Crippen molar-refractivity contribution in [3.63, 3.8) is 0 Å². The quantitative estimate of drug-likeness (QED) is 0.322. The highest BCUT2D eigenvalue weighted by molar-refractivity contribution is 6.37. The maximum Gasteiger partial charge on any atom is 0.266 e. The molecule has 2 N–H and O–H groups in total. The maximum absolute atomic E-state index is 13.4. The van der Waals surface area contributed by atoms with E-state index in [4.69, 9.17) is 25.8 Å². The van der Waals surface area contributed by atoms with Gasteiger partial charge in [0, 0.05) is 28.9 Å². The Morgan fingerprint density at radius 1 is 1.03 bits per heavy atom. The highest BCUT2D eigenvalue weighted by Gasteiger charge is 2.17. The fraction of sp³-hybridized carbons (Fsp3) is 0.148. The number of fused-ring (bicyclic) bond motifs is 3. The Morgan fingerprint density at radius 3 is 2.46 bits per heavy atom. The second kappa shape index (κ2) is 9.87. The van der Waals surface area contributed by atoms with Crippen molar-refractivity contribution in [2.75, 3.05) is 26.6 Å². The first-order valence-corrected chi connectivity index (χ1v) is 11.7. The lowest BCUT2D eigenvalue weighted by Crippen LogP contribution is -2.19. The van der Waals surface area contributed by atoms with Crippen LogP contribution in [0, 0.1) is 0 Å². The molecule has 37 heavy (non-hydrogen) atoms. The lowest BCUT2D eigenvalue weighted by Gasteiger charge is -2.15. The topological polar surface area (TPSA) is 107 Å². The van der Waals surface area contributed by atoms with Gasteiger partial charge in [-0.25, -0.2) is 0 Å². The Bertz CT molecular complexity index is 1680. The predicted molar refractivity (Wildman–Crippen MR) is 143 cm³/mol. The van der Waals surface area contributed by atoms with E-state index in [9.17, 15) is 9.59 Å². The Labute approximate surface area is 216 Å². The van der Waals surface area contributed by atoms with Crippen molar-refractivity contribution in [1.82, 2.24) is 14.8 Å². The van der Waals surface area contributed by atoms with Gasteiger partial charge in [0.1, 0.15) is 0 Å². The number of anilines is 1. The predicted octanol–water partition coefficient (Wildman–Crippen LogP) is 4.73. The third-order valence-electron chi connectivity index (χ3n) is 6.04. The van der Waals surface area contributed by atoms with E-state index in [1.54, 1.807) is 34.9 Å². The first-order chi connectivity index (χ1) is 17.9. The molecule has 0 radical (unpaired) electrons. The average molecular weight is 519 g/mol. The summed E-state index contributed by atoms with van der Waals surface area (Å²) in [4.78, 5) is 26.3. The van der Waals surface area contributed by atoms with Crippen LogP contribution in [0.15, 0.2) is 65.6 Å². The molecule has 3 aromatic carbocycles. The van der Waals surface area contributed by atoms with E-state index >= 15 is 0 Å². The number of carbonyl (C=O) groups excluding carboxylic acids is 1. The third-order valence-corrected chi connectivity index (χ3v) is 6.35. The molecule has 10 heteroatoms. The Kier molecular flexibility index (Phi) is 6.45. The van der Waals surface area contributed by atoms with Crippen LogP contribution in [0.3, 0.4) is 0 Å². The summed E-state index contributed by atoms with van der Waals surface area (Å²) in [5.41, 5.74) is 2.81. The third kappa shape index (κ3) is 4.34. The number of H-pyrrole nitrogens is 1. The molecular formula is C27H23ClN4O5. The average Bonchev–Trinajstić information content (AvgIpc) is 3.38. The number of amides is 1. The van der Waals surface area contributed by atoms with Crippen LogP contribution >= 0.6 is 11.6 Å². The monoisotopic (exact) mass is 518 g/mol. The van der Waals surface area contributed by atoms with Crippen molar-refractivity contribution >= 4 is 45.0 Å². The molecule has 1 amide bonds. The van der Waals surface area contributed by atoms with E-state index in [-0.39, 0.29) is 17.9 Å². The van der Waals surface area contributed by atoms with Crippen LogP contribution in [-0.2, 0) is 11.2 Å². The Hall–Kier alpha value is -4.50. The largest absolute Gasteiger partial charge is 0.493 e. The molecule has 0 saturated heterocycles. The van der Waals surface area contributed by atoms with Crippen LogP contribution < -0.4 is 25.1 Å². The van der Waals surface area contributed by atoms with E-state index in [1.807, 2.05) is 24.3 Å². The van der Waals surface area contributed by atoms with Crippen LogP contribution in [0.2, 0.25) is 5.02 Å². The highest BCUT2D eigenvalue weighted by Crippen LogP contribution is 2.40. The first kappa shape index (κ1) is 24.2. The van der Waals surface area contributed by atoms with Gasteiger partial charge in [-0.05, 0) is 29.8 Å². The van der Waals surface area contributed by atoms with Crippen molar-refractivity contribution < 1.29 is 19.0 Å². The number of aromatic amines is 1. The summed E-state index contributed by atoms with van der Waals surface area (Å²) < 4.78 is 17.6. The van der Waals surface area contributed by atoms with Gasteiger partial charge < -0.3 is 19.5 Å². The summed E-state index contributed by atoms with van der Waals surface area (Å²) in [6.07, 6.45) is 1.57. The number of nitrogens with zero attached hydrogens (tertiary/aromatic N) is 2. The number of hydrogen-bond acceptors (Lipinski definition) is 6. The molecular weight excluding hydrogens is 496 g/mol. The number of rotatable bonds is 7. The minimum atomic E-state index is -0.253. The van der Waals surface area contributed by atoms with Crippen molar-refractivity contribution in [3.8, 4) is 22.9 Å². The molecule has 2 aromatic heterocycles. The van der Waals surface area contributed by atoms with Crippen molar-refractivity contribution in [1.29, 1.82) is 0 Å². The lowest BCUT2D eigenvalue weighted by atomic mass is 10.1. The van der Waals surface area contributed by atoms with E-state index in [1.165, 1.54) is 27.5 Å². The van der Waals surface area contributed by atoms with Crippen molar-refractivity contribution in [2.45, 2.75) is 6.42 Å². The number of pyridine rings is 1. The zero-order valence-electron chi connectivity index (χ0n) is 20.3. The van der Waals surface area contributed by atoms with Gasteiger partial charge in [-0.2, -0.15) is 5.10 Å². The Morgan fingerprint density at radius 2 is 1.76 bits per heavy atom. The van der Waals surface area contributed by atoms with Gasteiger partial charge in [-0.1, -0.05) is 29.8 Å². The molecule has 5 aromatic rings. The summed E-state index contributed by atoms with van der Waals surface area (Å²) in [5, 5.41) is 11.4. The number of hydrogen-bond donors (Lipinski definition) is 2. The first-order valence-electron chi connectivity index (χ1n) is 11.3. The molecule has 188 valence electrons. The number of halogens is 1. The molecule has 0 aliphatic carbocycles. The van der Waals surface area contributed by atoms with Crippen LogP contribution in [0.5, 0.6) is 17.2 Å². The number of benzene rings is 3. The van der Waals surface area contributed by atoms with E-state index in [0.717, 1.165) is 5.56 Å². The summed E-state index contributed by atoms with van der Waals surface area (Å²) >= 11 is 6.50. The molecule has 2 heterocycles. The fourth-order valence-electron chi connectivity index (χ4n) is 4.42. The lowest BCUT2D eigenvalue weighted by molar-refractivity contribution is -0.115. The summed E-state index contributed by atoms with van der Waals surface area (Å²) in [6.45, 7) is 0. The van der Waals surface area contributed by atoms with Gasteiger partial charge in [0.2, 0.25) is 11.7 Å². The van der Waals surface area contributed by atoms with E-state index in [2.05, 4.69) is 15.5 Å². The molecule has 0 bridgehead atoms. The number of nitrogens with one attached hydrogen (secondary N) is 2. The van der Waals surface area contributed by atoms with Gasteiger partial charge in [0.05, 0.1) is 55.4 Å². The summed E-state index contributed by atoms with van der Waals surface area (Å²) in [5.74, 6) is 1.04. The summed E-state index contributed by atoms with van der Waals surface area (Å²) in [6, 6.07) is 16.0. The van der Waals surface area contributed by atoms with Crippen LogP contribution in [0.1, 0.15) is 5.56 Å². The van der Waals surface area contributed by atoms with Crippen LogP contribution in [-0.4, -0.2) is 42.0 Å². The number of aromatic nitrogens is 3. The van der Waals surface area contributed by atoms with E-state index in [0.29, 0.717) is 55.5 Å². The minimum Gasteiger partial charge on any atom is -0.493 e. The molecule has 0 aliphatic rings. The minimum absolute atomic E-state index is 0.0753. The maximum atomic E-state index is 13.4. The van der Waals surface area contributed by atoms with Crippen LogP contribution in [0.4, 0.5) is 5.69 Å². The van der Waals surface area contributed by atoms with Gasteiger partial charge in [-0.3, -0.25) is 19.3 Å². The standard InChI is InChI=1S/C27H23ClN4O5/c1-35-21-12-16(13-22(36-2)26(21)37-3)30-23(33)11-15-6-4-7-17(10-15)32-20-9-5-8-19(28)24(20)25-18(27(32)34)14-29-31-25/h4-10,12-14H,11H2,1-3H3,(H,29,31)(H,30,33). The van der Waals surface area contributed by atoms with Gasteiger partial charge in [0.25, 0.3) is 5.56 Å². The molecule has 5 rings (SSSR count). The molecule has 0 aliphatic heterocycles. The van der Waals surface area contributed by atoms with Gasteiger partial charge in [-0.15, -0.1) is 0 Å². The molecule has 0 saturated carbocycles. The fourth-order valence-corrected chi connectivity index (χ4v) is 4.69. The molecule has 0 atom stereocenters. The van der Waals surface area contributed by atoms with Gasteiger partial charge >= 0.3 is 0 Å². The molecule has 0 spiro atoms.